The topological polar surface area (TPSA) is 101 Å². The van der Waals surface area contributed by atoms with E-state index in [0.717, 1.165) is 11.5 Å². The van der Waals surface area contributed by atoms with Gasteiger partial charge in [0.05, 0.1) is 17.9 Å². The quantitative estimate of drug-likeness (QED) is 0.851. The highest BCUT2D eigenvalue weighted by Crippen LogP contribution is 2.14. The van der Waals surface area contributed by atoms with Crippen LogP contribution in [0.3, 0.4) is 0 Å². The first-order valence-corrected chi connectivity index (χ1v) is 5.43. The minimum Gasteiger partial charge on any atom is -0.444 e. The monoisotopic (exact) mass is 243 g/mol. The van der Waals surface area contributed by atoms with Crippen LogP contribution in [0.15, 0.2) is 16.5 Å². The fourth-order valence-corrected chi connectivity index (χ4v) is 1.44. The molecule has 0 atom stereocenters. The van der Waals surface area contributed by atoms with Gasteiger partial charge in [-0.15, -0.1) is 0 Å². The second-order valence-corrected chi connectivity index (χ2v) is 3.85. The van der Waals surface area contributed by atoms with Gasteiger partial charge in [-0.3, -0.25) is 0 Å². The zero-order chi connectivity index (χ0) is 13.1. The van der Waals surface area contributed by atoms with Crippen LogP contribution in [0.2, 0.25) is 0 Å². The molecule has 3 N–H and O–H groups in total. The molecule has 0 fully saturated rings. The van der Waals surface area contributed by atoms with Crippen molar-refractivity contribution in [1.29, 1.82) is 5.26 Å². The average Bonchev–Trinajstić information content (AvgIpc) is 2.68. The number of rotatable bonds is 3. The second-order valence-electron chi connectivity index (χ2n) is 3.85. The normalized spacial score (nSPS) is 10.1. The molecule has 0 aliphatic carbocycles. The van der Waals surface area contributed by atoms with Crippen LogP contribution in [0, 0.1) is 25.2 Å². The number of hydrogen-bond donors (Lipinski definition) is 2. The van der Waals surface area contributed by atoms with Gasteiger partial charge >= 0.3 is 0 Å². The zero-order valence-corrected chi connectivity index (χ0v) is 10.2. The van der Waals surface area contributed by atoms with E-state index in [1.165, 1.54) is 0 Å². The standard InChI is InChI=1S/C12H13N5O/c1-7-8(2)18-12(16-7)6-15-11-4-3-9(14)10(5-13)17-11/h3-4H,6,14H2,1-2H3,(H,15,17). The van der Waals surface area contributed by atoms with Crippen LogP contribution in [0.1, 0.15) is 23.0 Å². The van der Waals surface area contributed by atoms with E-state index in [0.29, 0.717) is 23.9 Å². The maximum Gasteiger partial charge on any atom is 0.213 e. The van der Waals surface area contributed by atoms with Gasteiger partial charge in [0, 0.05) is 0 Å². The SMILES string of the molecule is Cc1nc(CNc2ccc(N)c(C#N)n2)oc1C. The van der Waals surface area contributed by atoms with Gasteiger partial charge < -0.3 is 15.5 Å². The van der Waals surface area contributed by atoms with Crippen molar-refractivity contribution in [2.45, 2.75) is 20.4 Å². The molecule has 0 aliphatic rings. The van der Waals surface area contributed by atoms with Gasteiger partial charge in [-0.2, -0.15) is 5.26 Å². The number of pyridine rings is 1. The Hall–Kier alpha value is -2.55. The molecule has 0 amide bonds. The Morgan fingerprint density at radius 3 is 2.78 bits per heavy atom. The number of aryl methyl sites for hydroxylation is 2. The second kappa shape index (κ2) is 4.75. The molecule has 2 aromatic heterocycles. The third kappa shape index (κ3) is 2.40. The number of hydrogen-bond acceptors (Lipinski definition) is 6. The third-order valence-electron chi connectivity index (χ3n) is 2.53. The number of nitrogen functional groups attached to an aromatic ring is 1. The molecule has 6 nitrogen and oxygen atoms in total. The van der Waals surface area contributed by atoms with E-state index in [1.54, 1.807) is 12.1 Å². The first kappa shape index (κ1) is 11.9. The molecule has 0 saturated carbocycles. The van der Waals surface area contributed by atoms with Gasteiger partial charge in [0.15, 0.2) is 5.69 Å². The van der Waals surface area contributed by atoms with Crippen molar-refractivity contribution < 1.29 is 4.42 Å². The van der Waals surface area contributed by atoms with Crippen LogP contribution in [0.25, 0.3) is 0 Å². The summed E-state index contributed by atoms with van der Waals surface area (Å²) in [5, 5.41) is 11.8. The summed E-state index contributed by atoms with van der Waals surface area (Å²) < 4.78 is 5.43. The molecule has 0 saturated heterocycles. The van der Waals surface area contributed by atoms with Crippen molar-refractivity contribution >= 4 is 11.5 Å². The van der Waals surface area contributed by atoms with Crippen molar-refractivity contribution in [2.24, 2.45) is 0 Å². The molecule has 0 radical (unpaired) electrons. The fraction of sp³-hybridized carbons (Fsp3) is 0.250. The summed E-state index contributed by atoms with van der Waals surface area (Å²) in [6.45, 7) is 4.16. The molecule has 0 bridgehead atoms. The van der Waals surface area contributed by atoms with Crippen molar-refractivity contribution in [3.8, 4) is 6.07 Å². The Balaban J connectivity index is 2.09. The summed E-state index contributed by atoms with van der Waals surface area (Å²) in [6, 6.07) is 5.28. The largest absolute Gasteiger partial charge is 0.444 e. The number of nitrogens with one attached hydrogen (secondary N) is 1. The Morgan fingerprint density at radius 2 is 2.17 bits per heavy atom. The fourth-order valence-electron chi connectivity index (χ4n) is 1.44. The summed E-state index contributed by atoms with van der Waals surface area (Å²) in [6.07, 6.45) is 0. The highest BCUT2D eigenvalue weighted by atomic mass is 16.4. The summed E-state index contributed by atoms with van der Waals surface area (Å²) in [7, 11) is 0. The van der Waals surface area contributed by atoms with E-state index < -0.39 is 0 Å². The van der Waals surface area contributed by atoms with Crippen LogP contribution < -0.4 is 11.1 Å². The van der Waals surface area contributed by atoms with E-state index in [1.807, 2.05) is 19.9 Å². The van der Waals surface area contributed by atoms with Crippen LogP contribution in [-0.4, -0.2) is 9.97 Å². The number of nitriles is 1. The molecule has 0 unspecified atom stereocenters. The smallest absolute Gasteiger partial charge is 0.213 e. The molecule has 18 heavy (non-hydrogen) atoms. The summed E-state index contributed by atoms with van der Waals surface area (Å²) in [5.41, 5.74) is 7.03. The van der Waals surface area contributed by atoms with Gasteiger partial charge in [0.25, 0.3) is 0 Å². The van der Waals surface area contributed by atoms with E-state index in [-0.39, 0.29) is 5.69 Å². The van der Waals surface area contributed by atoms with E-state index in [9.17, 15) is 0 Å². The van der Waals surface area contributed by atoms with Crippen LogP contribution in [0.4, 0.5) is 11.5 Å². The average molecular weight is 243 g/mol. The molecule has 0 aromatic carbocycles. The van der Waals surface area contributed by atoms with Crippen molar-refractivity contribution in [3.63, 3.8) is 0 Å². The Kier molecular flexibility index (Phi) is 3.15. The molecular weight excluding hydrogens is 230 g/mol. The molecule has 6 heteroatoms. The number of nitrogens with zero attached hydrogens (tertiary/aromatic N) is 3. The van der Waals surface area contributed by atoms with E-state index in [4.69, 9.17) is 15.4 Å². The maximum atomic E-state index is 8.82. The molecule has 0 aliphatic heterocycles. The van der Waals surface area contributed by atoms with Crippen LogP contribution in [-0.2, 0) is 6.54 Å². The molecule has 2 heterocycles. The van der Waals surface area contributed by atoms with Crippen molar-refractivity contribution in [1.82, 2.24) is 9.97 Å². The first-order chi connectivity index (χ1) is 8.60. The lowest BCUT2D eigenvalue weighted by Gasteiger charge is -2.04. The molecule has 92 valence electrons. The Labute approximate surface area is 104 Å². The Morgan fingerprint density at radius 1 is 1.39 bits per heavy atom. The van der Waals surface area contributed by atoms with Gasteiger partial charge in [-0.1, -0.05) is 0 Å². The number of aromatic nitrogens is 2. The number of anilines is 2. The maximum absolute atomic E-state index is 8.82. The molecule has 0 spiro atoms. The highest BCUT2D eigenvalue weighted by molar-refractivity contribution is 5.54. The van der Waals surface area contributed by atoms with E-state index >= 15 is 0 Å². The third-order valence-corrected chi connectivity index (χ3v) is 2.53. The van der Waals surface area contributed by atoms with Gasteiger partial charge in [-0.05, 0) is 26.0 Å². The summed E-state index contributed by atoms with van der Waals surface area (Å²) in [5.74, 6) is 1.95. The summed E-state index contributed by atoms with van der Waals surface area (Å²) >= 11 is 0. The zero-order valence-electron chi connectivity index (χ0n) is 10.2. The molecule has 2 aromatic rings. The Bertz CT molecular complexity index is 592. The predicted molar refractivity (Wildman–Crippen MR) is 66.7 cm³/mol. The summed E-state index contributed by atoms with van der Waals surface area (Å²) in [4.78, 5) is 8.31. The van der Waals surface area contributed by atoms with Crippen molar-refractivity contribution in [2.75, 3.05) is 11.1 Å². The first-order valence-electron chi connectivity index (χ1n) is 5.43. The molecular formula is C12H13N5O. The van der Waals surface area contributed by atoms with Crippen molar-refractivity contribution in [3.05, 3.63) is 35.2 Å². The van der Waals surface area contributed by atoms with E-state index in [2.05, 4.69) is 15.3 Å². The van der Waals surface area contributed by atoms with Gasteiger partial charge in [0.2, 0.25) is 5.89 Å². The lowest BCUT2D eigenvalue weighted by atomic mass is 10.3. The number of nitrogens with two attached hydrogens (primary N) is 1. The minimum absolute atomic E-state index is 0.208. The predicted octanol–water partition coefficient (Wildman–Crippen LogP) is 1.75. The van der Waals surface area contributed by atoms with Gasteiger partial charge in [0.1, 0.15) is 17.6 Å². The van der Waals surface area contributed by atoms with Gasteiger partial charge in [-0.25, -0.2) is 9.97 Å². The lowest BCUT2D eigenvalue weighted by Crippen LogP contribution is -2.04. The van der Waals surface area contributed by atoms with Crippen LogP contribution in [0.5, 0.6) is 0 Å². The van der Waals surface area contributed by atoms with Crippen LogP contribution >= 0.6 is 0 Å². The molecule has 2 rings (SSSR count). The highest BCUT2D eigenvalue weighted by Gasteiger charge is 2.06. The minimum atomic E-state index is 0.208. The number of oxazole rings is 1. The lowest BCUT2D eigenvalue weighted by molar-refractivity contribution is 0.478.